The van der Waals surface area contributed by atoms with Gasteiger partial charge in [0.15, 0.2) is 0 Å². The van der Waals surface area contributed by atoms with Gasteiger partial charge in [0.1, 0.15) is 11.6 Å². The minimum Gasteiger partial charge on any atom is -0.497 e. The summed E-state index contributed by atoms with van der Waals surface area (Å²) in [5, 5.41) is 2.84. The molecule has 0 spiro atoms. The number of methoxy groups -OCH3 is 1. The fraction of sp³-hybridized carbons (Fsp3) is 0.500. The molecule has 0 aromatic heterocycles. The van der Waals surface area contributed by atoms with Crippen molar-refractivity contribution in [2.24, 2.45) is 0 Å². The van der Waals surface area contributed by atoms with Crippen LogP contribution < -0.4 is 10.1 Å². The summed E-state index contributed by atoms with van der Waals surface area (Å²) in [5.74, 6) is 0.151. The smallest absolute Gasteiger partial charge is 0.241 e. The quantitative estimate of drug-likeness (QED) is 0.895. The van der Waals surface area contributed by atoms with E-state index in [9.17, 15) is 9.18 Å². The minimum atomic E-state index is -0.392. The van der Waals surface area contributed by atoms with Gasteiger partial charge in [-0.25, -0.2) is 4.39 Å². The summed E-state index contributed by atoms with van der Waals surface area (Å²) in [6.07, 6.45) is 0. The third-order valence-electron chi connectivity index (χ3n) is 3.46. The average molecular weight is 281 g/mol. The average Bonchev–Trinajstić information content (AvgIpc) is 2.47. The molecule has 1 saturated heterocycles. The van der Waals surface area contributed by atoms with E-state index in [4.69, 9.17) is 4.74 Å². The van der Waals surface area contributed by atoms with Crippen LogP contribution >= 0.6 is 0 Å². The number of carbonyl (C=O) groups excluding carboxylic acids is 1. The lowest BCUT2D eigenvalue weighted by Crippen LogP contribution is -2.48. The van der Waals surface area contributed by atoms with E-state index in [0.717, 1.165) is 26.2 Å². The largest absolute Gasteiger partial charge is 0.497 e. The summed E-state index contributed by atoms with van der Waals surface area (Å²) >= 11 is 0. The van der Waals surface area contributed by atoms with Crippen LogP contribution in [0.25, 0.3) is 0 Å². The second-order valence-corrected chi connectivity index (χ2v) is 4.88. The maximum Gasteiger partial charge on any atom is 0.241 e. The van der Waals surface area contributed by atoms with Crippen molar-refractivity contribution in [1.29, 1.82) is 0 Å². The predicted molar refractivity (Wildman–Crippen MR) is 75.5 cm³/mol. The van der Waals surface area contributed by atoms with Gasteiger partial charge >= 0.3 is 0 Å². The van der Waals surface area contributed by atoms with Gasteiger partial charge in [0, 0.05) is 32.2 Å². The zero-order chi connectivity index (χ0) is 14.5. The third kappa shape index (κ3) is 3.60. The molecule has 6 heteroatoms. The molecule has 1 heterocycles. The summed E-state index contributed by atoms with van der Waals surface area (Å²) in [5.41, 5.74) is 0.284. The lowest BCUT2D eigenvalue weighted by atomic mass is 10.2. The lowest BCUT2D eigenvalue weighted by Gasteiger charge is -2.32. The van der Waals surface area contributed by atoms with Crippen molar-refractivity contribution in [1.82, 2.24) is 9.80 Å². The topological polar surface area (TPSA) is 44.8 Å². The van der Waals surface area contributed by atoms with Crippen molar-refractivity contribution in [3.05, 3.63) is 24.0 Å². The number of hydrogen-bond acceptors (Lipinski definition) is 4. The maximum atomic E-state index is 13.6. The summed E-state index contributed by atoms with van der Waals surface area (Å²) in [6.45, 7) is 3.28. The maximum absolute atomic E-state index is 13.6. The number of benzene rings is 1. The molecule has 1 aliphatic heterocycles. The molecule has 1 N–H and O–H groups in total. The van der Waals surface area contributed by atoms with E-state index < -0.39 is 5.82 Å². The number of nitrogens with one attached hydrogen (secondary N) is 1. The molecule has 1 aromatic rings. The summed E-state index contributed by atoms with van der Waals surface area (Å²) < 4.78 is 18.6. The molecule has 0 aliphatic carbocycles. The van der Waals surface area contributed by atoms with Crippen molar-refractivity contribution in [3.8, 4) is 5.75 Å². The van der Waals surface area contributed by atoms with Gasteiger partial charge in [0.05, 0.1) is 19.3 Å². The summed E-state index contributed by atoms with van der Waals surface area (Å²) in [4.78, 5) is 16.0. The van der Waals surface area contributed by atoms with E-state index >= 15 is 0 Å². The summed E-state index contributed by atoms with van der Waals surface area (Å²) in [7, 11) is 3.55. The number of anilines is 1. The van der Waals surface area contributed by atoms with Crippen LogP contribution in [-0.2, 0) is 4.79 Å². The van der Waals surface area contributed by atoms with Crippen molar-refractivity contribution < 1.29 is 13.9 Å². The van der Waals surface area contributed by atoms with Crippen LogP contribution in [0.2, 0.25) is 0 Å². The number of likely N-dealkylation sites (N-methyl/N-ethyl adjacent to an activating group) is 1. The molecular weight excluding hydrogens is 261 g/mol. The molecule has 1 aliphatic rings. The first-order chi connectivity index (χ1) is 9.60. The highest BCUT2D eigenvalue weighted by molar-refractivity contribution is 5.81. The van der Waals surface area contributed by atoms with Crippen LogP contribution in [-0.4, -0.2) is 62.6 Å². The van der Waals surface area contributed by atoms with E-state index in [-0.39, 0.29) is 18.1 Å². The zero-order valence-corrected chi connectivity index (χ0v) is 11.9. The van der Waals surface area contributed by atoms with E-state index in [1.165, 1.54) is 13.2 Å². The highest BCUT2D eigenvalue weighted by atomic mass is 19.1. The van der Waals surface area contributed by atoms with Gasteiger partial charge in [0.25, 0.3) is 0 Å². The molecule has 1 aromatic carbocycles. The van der Waals surface area contributed by atoms with E-state index in [0.29, 0.717) is 5.75 Å². The molecule has 0 saturated carbocycles. The molecule has 2 rings (SSSR count). The highest BCUT2D eigenvalue weighted by Crippen LogP contribution is 2.20. The fourth-order valence-electron chi connectivity index (χ4n) is 2.11. The van der Waals surface area contributed by atoms with Crippen molar-refractivity contribution in [2.75, 3.05) is 52.2 Å². The first-order valence-electron chi connectivity index (χ1n) is 6.64. The standard InChI is InChI=1S/C14H20FN3O2/c1-17-5-7-18(8-6-17)14(19)10-16-13-9-11(20-2)3-4-12(13)15/h3-4,9,16H,5-8,10H2,1-2H3. The molecule has 0 unspecified atom stereocenters. The number of piperazine rings is 1. The Labute approximate surface area is 118 Å². The van der Waals surface area contributed by atoms with Crippen LogP contribution in [0, 0.1) is 5.82 Å². The van der Waals surface area contributed by atoms with Gasteiger partial charge in [-0.05, 0) is 19.2 Å². The Kier molecular flexibility index (Phi) is 4.79. The van der Waals surface area contributed by atoms with Crippen LogP contribution in [0.15, 0.2) is 18.2 Å². The molecule has 0 radical (unpaired) electrons. The molecule has 0 bridgehead atoms. The zero-order valence-electron chi connectivity index (χ0n) is 11.9. The Morgan fingerprint density at radius 2 is 2.05 bits per heavy atom. The van der Waals surface area contributed by atoms with Crippen molar-refractivity contribution in [3.63, 3.8) is 0 Å². The van der Waals surface area contributed by atoms with Gasteiger partial charge in [-0.1, -0.05) is 0 Å². The number of hydrogen-bond donors (Lipinski definition) is 1. The number of rotatable bonds is 4. The van der Waals surface area contributed by atoms with Gasteiger partial charge in [0.2, 0.25) is 5.91 Å². The third-order valence-corrected chi connectivity index (χ3v) is 3.46. The van der Waals surface area contributed by atoms with Crippen molar-refractivity contribution >= 4 is 11.6 Å². The number of nitrogens with zero attached hydrogens (tertiary/aromatic N) is 2. The van der Waals surface area contributed by atoms with Gasteiger partial charge in [-0.2, -0.15) is 0 Å². The van der Waals surface area contributed by atoms with E-state index in [1.54, 1.807) is 17.0 Å². The molecule has 5 nitrogen and oxygen atoms in total. The van der Waals surface area contributed by atoms with Gasteiger partial charge < -0.3 is 19.9 Å². The molecule has 0 atom stereocenters. The first-order valence-corrected chi connectivity index (χ1v) is 6.64. The Morgan fingerprint density at radius 3 is 2.70 bits per heavy atom. The van der Waals surface area contributed by atoms with Crippen LogP contribution in [0.1, 0.15) is 0 Å². The Morgan fingerprint density at radius 1 is 1.35 bits per heavy atom. The number of halogens is 1. The summed E-state index contributed by atoms with van der Waals surface area (Å²) in [6, 6.07) is 4.41. The second kappa shape index (κ2) is 6.56. The van der Waals surface area contributed by atoms with Gasteiger partial charge in [-0.3, -0.25) is 4.79 Å². The number of amides is 1. The Balaban J connectivity index is 1.90. The SMILES string of the molecule is COc1ccc(F)c(NCC(=O)N2CCN(C)CC2)c1. The minimum absolute atomic E-state index is 0.0136. The monoisotopic (exact) mass is 281 g/mol. The van der Waals surface area contributed by atoms with Gasteiger partial charge in [-0.15, -0.1) is 0 Å². The predicted octanol–water partition coefficient (Wildman–Crippen LogP) is 1.02. The van der Waals surface area contributed by atoms with E-state index in [1.807, 2.05) is 7.05 Å². The number of carbonyl (C=O) groups is 1. The Bertz CT molecular complexity index is 473. The first kappa shape index (κ1) is 14.6. The Hall–Kier alpha value is -1.82. The van der Waals surface area contributed by atoms with Crippen molar-refractivity contribution in [2.45, 2.75) is 0 Å². The molecule has 1 amide bonds. The lowest BCUT2D eigenvalue weighted by molar-refractivity contribution is -0.130. The normalized spacial score (nSPS) is 16.1. The fourth-order valence-corrected chi connectivity index (χ4v) is 2.11. The van der Waals surface area contributed by atoms with E-state index in [2.05, 4.69) is 10.2 Å². The second-order valence-electron chi connectivity index (χ2n) is 4.88. The molecule has 110 valence electrons. The molecule has 20 heavy (non-hydrogen) atoms. The van der Waals surface area contributed by atoms with Crippen LogP contribution in [0.3, 0.4) is 0 Å². The van der Waals surface area contributed by atoms with Crippen LogP contribution in [0.5, 0.6) is 5.75 Å². The highest BCUT2D eigenvalue weighted by Gasteiger charge is 2.18. The number of ether oxygens (including phenoxy) is 1. The molecular formula is C14H20FN3O2. The molecule has 1 fully saturated rings. The van der Waals surface area contributed by atoms with Crippen LogP contribution in [0.4, 0.5) is 10.1 Å².